The predicted octanol–water partition coefficient (Wildman–Crippen LogP) is 3.06. The van der Waals surface area contributed by atoms with Gasteiger partial charge in [-0.2, -0.15) is 9.38 Å². The van der Waals surface area contributed by atoms with E-state index >= 15 is 0 Å². The van der Waals surface area contributed by atoms with E-state index in [0.717, 1.165) is 17.5 Å². The largest absolute Gasteiger partial charge is 0.436 e. The first kappa shape index (κ1) is 12.2. The summed E-state index contributed by atoms with van der Waals surface area (Å²) in [5.74, 6) is 0.640. The van der Waals surface area contributed by atoms with Crippen LogP contribution >= 0.6 is 23.1 Å². The van der Waals surface area contributed by atoms with Crippen LogP contribution < -0.4 is 0 Å². The zero-order chi connectivity index (χ0) is 13.6. The first-order chi connectivity index (χ1) is 9.06. The minimum atomic E-state index is -0.447. The molecule has 0 aliphatic heterocycles. The second-order valence-corrected chi connectivity index (χ2v) is 5.59. The van der Waals surface area contributed by atoms with E-state index in [1.165, 1.54) is 15.7 Å². The molecule has 3 rings (SSSR count). The zero-order valence-corrected chi connectivity index (χ0v) is 11.6. The molecule has 0 amide bonds. The average Bonchev–Trinajstić information content (AvgIpc) is 2.94. The number of nitro groups is 1. The lowest BCUT2D eigenvalue weighted by Gasteiger charge is -1.94. The highest BCUT2D eigenvalue weighted by atomic mass is 32.2. The molecule has 19 heavy (non-hydrogen) atoms. The molecule has 3 aromatic rings. The van der Waals surface area contributed by atoms with Gasteiger partial charge in [0.05, 0.1) is 5.69 Å². The predicted molar refractivity (Wildman–Crippen MR) is 69.8 cm³/mol. The number of imidazole rings is 1. The van der Waals surface area contributed by atoms with Crippen LogP contribution in [0, 0.1) is 24.0 Å². The number of hydrogen-bond donors (Lipinski definition) is 0. The highest BCUT2D eigenvalue weighted by Crippen LogP contribution is 2.36. The van der Waals surface area contributed by atoms with Gasteiger partial charge in [0.15, 0.2) is 0 Å². The number of aryl methyl sites for hydroxylation is 2. The molecule has 0 saturated carbocycles. The molecule has 0 aliphatic rings. The third-order valence-electron chi connectivity index (χ3n) is 2.57. The summed E-state index contributed by atoms with van der Waals surface area (Å²) in [4.78, 5) is 19.7. The van der Waals surface area contributed by atoms with E-state index in [4.69, 9.17) is 4.42 Å². The lowest BCUT2D eigenvalue weighted by Crippen LogP contribution is -1.93. The van der Waals surface area contributed by atoms with Crippen molar-refractivity contribution in [2.45, 2.75) is 24.1 Å². The zero-order valence-electron chi connectivity index (χ0n) is 9.98. The van der Waals surface area contributed by atoms with Gasteiger partial charge in [0, 0.05) is 5.38 Å². The van der Waals surface area contributed by atoms with E-state index in [1.54, 1.807) is 18.5 Å². The first-order valence-corrected chi connectivity index (χ1v) is 6.97. The van der Waals surface area contributed by atoms with Crippen molar-refractivity contribution in [2.24, 2.45) is 0 Å². The van der Waals surface area contributed by atoms with Crippen LogP contribution in [0.3, 0.4) is 0 Å². The van der Waals surface area contributed by atoms with Crippen molar-refractivity contribution in [1.82, 2.24) is 14.4 Å². The highest BCUT2D eigenvalue weighted by Gasteiger charge is 2.26. The maximum absolute atomic E-state index is 11.1. The van der Waals surface area contributed by atoms with E-state index < -0.39 is 4.92 Å². The highest BCUT2D eigenvalue weighted by molar-refractivity contribution is 7.99. The van der Waals surface area contributed by atoms with Crippen LogP contribution in [0.1, 0.15) is 11.5 Å². The number of rotatable bonds is 3. The summed E-state index contributed by atoms with van der Waals surface area (Å²) >= 11 is 2.40. The van der Waals surface area contributed by atoms with Crippen LogP contribution in [0.5, 0.6) is 0 Å². The van der Waals surface area contributed by atoms with Gasteiger partial charge < -0.3 is 14.5 Å². The summed E-state index contributed by atoms with van der Waals surface area (Å²) in [6, 6.07) is 0. The third kappa shape index (κ3) is 2.00. The normalized spacial score (nSPS) is 11.3. The molecular weight excluding hydrogens is 288 g/mol. The van der Waals surface area contributed by atoms with E-state index in [0.29, 0.717) is 15.9 Å². The Kier molecular flexibility index (Phi) is 2.79. The number of oxazole rings is 1. The Hall–Kier alpha value is -1.87. The van der Waals surface area contributed by atoms with E-state index in [9.17, 15) is 10.1 Å². The van der Waals surface area contributed by atoms with Crippen molar-refractivity contribution in [3.63, 3.8) is 0 Å². The minimum absolute atomic E-state index is 0.0604. The Morgan fingerprint density at radius 3 is 2.89 bits per heavy atom. The lowest BCUT2D eigenvalue weighted by atomic mass is 10.4. The smallest absolute Gasteiger partial charge is 0.363 e. The molecule has 7 nitrogen and oxygen atoms in total. The third-order valence-corrected chi connectivity index (χ3v) is 4.15. The van der Waals surface area contributed by atoms with Crippen LogP contribution in [0.4, 0.5) is 5.82 Å². The number of nitrogens with zero attached hydrogens (tertiary/aromatic N) is 4. The monoisotopic (exact) mass is 296 g/mol. The minimum Gasteiger partial charge on any atom is -0.436 e. The fraction of sp³-hybridized carbons (Fsp3) is 0.200. The molecule has 0 fully saturated rings. The van der Waals surface area contributed by atoms with E-state index in [1.807, 2.05) is 6.92 Å². The molecule has 0 N–H and O–H groups in total. The molecule has 3 aromatic heterocycles. The summed E-state index contributed by atoms with van der Waals surface area (Å²) in [7, 11) is 0. The van der Waals surface area contributed by atoms with Gasteiger partial charge in [0.2, 0.25) is 5.03 Å². The van der Waals surface area contributed by atoms with Crippen molar-refractivity contribution in [3.05, 3.63) is 33.1 Å². The second-order valence-electron chi connectivity index (χ2n) is 3.78. The summed E-state index contributed by atoms with van der Waals surface area (Å²) in [6.45, 7) is 3.62. The van der Waals surface area contributed by atoms with Gasteiger partial charge in [0.25, 0.3) is 10.2 Å². The van der Waals surface area contributed by atoms with Gasteiger partial charge >= 0.3 is 5.82 Å². The summed E-state index contributed by atoms with van der Waals surface area (Å²) in [5, 5.41) is 13.5. The summed E-state index contributed by atoms with van der Waals surface area (Å²) in [6.07, 6.45) is 1.63. The van der Waals surface area contributed by atoms with Gasteiger partial charge in [0.1, 0.15) is 12.0 Å². The number of fused-ring (bicyclic) bond motifs is 1. The lowest BCUT2D eigenvalue weighted by molar-refractivity contribution is -0.393. The molecular formula is C10H8N4O3S2. The number of aromatic nitrogens is 3. The Morgan fingerprint density at radius 1 is 1.47 bits per heavy atom. The molecule has 9 heteroatoms. The molecule has 0 aliphatic carbocycles. The topological polar surface area (TPSA) is 86.5 Å². The van der Waals surface area contributed by atoms with Crippen LogP contribution in [0.2, 0.25) is 0 Å². The SMILES string of the molecule is Cc1nc(Sc2nc3sccn3c2[N+](=O)[O-])oc1C. The molecule has 0 radical (unpaired) electrons. The van der Waals surface area contributed by atoms with Crippen LogP contribution in [-0.2, 0) is 0 Å². The van der Waals surface area contributed by atoms with E-state index in [2.05, 4.69) is 9.97 Å². The maximum atomic E-state index is 11.1. The Morgan fingerprint density at radius 2 is 2.26 bits per heavy atom. The Balaban J connectivity index is 2.06. The standard InChI is InChI=1S/C10H8N4O3S2/c1-5-6(2)17-10(11-5)19-7-8(14(15)16)13-3-4-18-9(13)12-7/h3-4H,1-2H3. The fourth-order valence-electron chi connectivity index (χ4n) is 1.56. The van der Waals surface area contributed by atoms with Crippen molar-refractivity contribution in [2.75, 3.05) is 0 Å². The van der Waals surface area contributed by atoms with Gasteiger partial charge in [-0.1, -0.05) is 11.3 Å². The van der Waals surface area contributed by atoms with Gasteiger partial charge in [-0.15, -0.1) is 0 Å². The molecule has 0 atom stereocenters. The molecule has 0 spiro atoms. The number of hydrogen-bond acceptors (Lipinski definition) is 7. The van der Waals surface area contributed by atoms with Crippen molar-refractivity contribution >= 4 is 33.9 Å². The van der Waals surface area contributed by atoms with Crippen LogP contribution in [-0.4, -0.2) is 19.3 Å². The van der Waals surface area contributed by atoms with Gasteiger partial charge in [-0.25, -0.2) is 4.98 Å². The Labute approximate surface area is 115 Å². The van der Waals surface area contributed by atoms with Crippen LogP contribution in [0.25, 0.3) is 4.96 Å². The molecule has 98 valence electrons. The van der Waals surface area contributed by atoms with Crippen molar-refractivity contribution in [1.29, 1.82) is 0 Å². The van der Waals surface area contributed by atoms with E-state index in [-0.39, 0.29) is 10.8 Å². The van der Waals surface area contributed by atoms with Crippen molar-refractivity contribution in [3.8, 4) is 0 Å². The molecule has 3 heterocycles. The molecule has 0 saturated heterocycles. The van der Waals surface area contributed by atoms with Gasteiger partial charge in [-0.05, 0) is 30.5 Å². The maximum Gasteiger partial charge on any atom is 0.363 e. The molecule has 0 bridgehead atoms. The Bertz CT molecular complexity index is 754. The van der Waals surface area contributed by atoms with Crippen LogP contribution in [0.15, 0.2) is 26.2 Å². The van der Waals surface area contributed by atoms with Gasteiger partial charge in [-0.3, -0.25) is 0 Å². The second kappa shape index (κ2) is 4.35. The quantitative estimate of drug-likeness (QED) is 0.545. The first-order valence-electron chi connectivity index (χ1n) is 5.28. The summed E-state index contributed by atoms with van der Waals surface area (Å²) < 4.78 is 6.86. The van der Waals surface area contributed by atoms with Crippen molar-refractivity contribution < 1.29 is 9.34 Å². The molecule has 0 unspecified atom stereocenters. The number of thiazole rings is 1. The molecule has 0 aromatic carbocycles. The summed E-state index contributed by atoms with van der Waals surface area (Å²) in [5.41, 5.74) is 0.770. The fourth-order valence-corrected chi connectivity index (χ4v) is 3.24. The average molecular weight is 296 g/mol.